The predicted octanol–water partition coefficient (Wildman–Crippen LogP) is 2.85. The maximum absolute atomic E-state index is 12.5. The number of amides is 1. The summed E-state index contributed by atoms with van der Waals surface area (Å²) in [5.41, 5.74) is -0.814. The van der Waals surface area contributed by atoms with Crippen LogP contribution in [-0.2, 0) is 20.8 Å². The highest BCUT2D eigenvalue weighted by molar-refractivity contribution is 7.91. The fourth-order valence-electron chi connectivity index (χ4n) is 1.91. The first-order valence-electron chi connectivity index (χ1n) is 7.57. The van der Waals surface area contributed by atoms with Crippen LogP contribution in [0.4, 0.5) is 24.7 Å². The summed E-state index contributed by atoms with van der Waals surface area (Å²) in [4.78, 5) is 19.2. The monoisotopic (exact) mass is 400 g/mol. The zero-order valence-corrected chi connectivity index (χ0v) is 14.8. The van der Waals surface area contributed by atoms with E-state index < -0.39 is 27.5 Å². The molecule has 0 saturated carbocycles. The molecule has 0 aromatic carbocycles. The Morgan fingerprint density at radius 3 is 2.56 bits per heavy atom. The van der Waals surface area contributed by atoms with Crippen molar-refractivity contribution in [2.45, 2.75) is 18.0 Å². The van der Waals surface area contributed by atoms with Crippen LogP contribution in [0.3, 0.4) is 0 Å². The average molecular weight is 400 g/mol. The minimum Gasteiger partial charge on any atom is -0.346 e. The number of anilines is 2. The van der Waals surface area contributed by atoms with Crippen LogP contribution in [0, 0.1) is 0 Å². The van der Waals surface area contributed by atoms with Gasteiger partial charge in [-0.2, -0.15) is 13.2 Å². The van der Waals surface area contributed by atoms with Crippen molar-refractivity contribution in [2.75, 3.05) is 16.4 Å². The zero-order chi connectivity index (χ0) is 20.1. The van der Waals surface area contributed by atoms with Crippen molar-refractivity contribution >= 4 is 27.2 Å². The molecule has 0 fully saturated rings. The molecular formula is C16H15F3N4O3S. The number of hydrogen-bond acceptors (Lipinski definition) is 6. The normalized spacial score (nSPS) is 12.1. The van der Waals surface area contributed by atoms with Crippen molar-refractivity contribution in [2.24, 2.45) is 0 Å². The van der Waals surface area contributed by atoms with Gasteiger partial charge in [0.2, 0.25) is 5.91 Å². The lowest BCUT2D eigenvalue weighted by molar-refractivity contribution is -0.137. The van der Waals surface area contributed by atoms with Gasteiger partial charge in [-0.15, -0.1) is 0 Å². The Hall–Kier alpha value is -2.95. The van der Waals surface area contributed by atoms with Gasteiger partial charge in [0.05, 0.1) is 17.0 Å². The van der Waals surface area contributed by atoms with E-state index in [2.05, 4.69) is 20.6 Å². The number of carbonyl (C=O) groups excluding carboxylic acids is 1. The quantitative estimate of drug-likeness (QED) is 0.723. The van der Waals surface area contributed by atoms with Gasteiger partial charge in [-0.1, -0.05) is 6.92 Å². The number of nitrogens with zero attached hydrogens (tertiary/aromatic N) is 2. The molecule has 0 bridgehead atoms. The summed E-state index contributed by atoms with van der Waals surface area (Å²) in [6.07, 6.45) is 0.862. The minimum absolute atomic E-state index is 0.0779. The molecule has 0 spiro atoms. The van der Waals surface area contributed by atoms with E-state index in [1.54, 1.807) is 0 Å². The lowest BCUT2D eigenvalue weighted by Gasteiger charge is -2.09. The van der Waals surface area contributed by atoms with Crippen LogP contribution in [0.15, 0.2) is 54.0 Å². The fourth-order valence-corrected chi connectivity index (χ4v) is 2.90. The number of pyridine rings is 2. The molecule has 2 N–H and O–H groups in total. The van der Waals surface area contributed by atoms with Crippen LogP contribution in [0.2, 0.25) is 0 Å². The van der Waals surface area contributed by atoms with E-state index in [1.807, 2.05) is 0 Å². The summed E-state index contributed by atoms with van der Waals surface area (Å²) < 4.78 is 61.3. The SMILES string of the molecule is CCS(=O)(=O)c1cnccc1NC(=O)C=CNc1ccc(C(F)(F)F)cn1. The molecule has 0 atom stereocenters. The highest BCUT2D eigenvalue weighted by Gasteiger charge is 2.30. The molecule has 2 aromatic heterocycles. The van der Waals surface area contributed by atoms with Crippen molar-refractivity contribution in [1.82, 2.24) is 9.97 Å². The molecule has 7 nitrogen and oxygen atoms in total. The summed E-state index contributed by atoms with van der Waals surface area (Å²) in [6, 6.07) is 3.31. The second-order valence-corrected chi connectivity index (χ2v) is 7.42. The van der Waals surface area contributed by atoms with E-state index in [0.717, 1.165) is 24.4 Å². The predicted molar refractivity (Wildman–Crippen MR) is 92.6 cm³/mol. The third-order valence-electron chi connectivity index (χ3n) is 3.31. The van der Waals surface area contributed by atoms with Gasteiger partial charge >= 0.3 is 6.18 Å². The molecule has 0 aliphatic carbocycles. The number of hydrogen-bond donors (Lipinski definition) is 2. The first-order chi connectivity index (χ1) is 12.6. The first kappa shape index (κ1) is 20.4. The summed E-state index contributed by atoms with van der Waals surface area (Å²) in [7, 11) is -3.57. The van der Waals surface area contributed by atoms with Gasteiger partial charge in [0.25, 0.3) is 0 Å². The van der Waals surface area contributed by atoms with Crippen molar-refractivity contribution in [3.05, 3.63) is 54.6 Å². The van der Waals surface area contributed by atoms with Gasteiger partial charge in [0.1, 0.15) is 10.7 Å². The van der Waals surface area contributed by atoms with Crippen molar-refractivity contribution in [1.29, 1.82) is 0 Å². The van der Waals surface area contributed by atoms with Crippen molar-refractivity contribution in [3.8, 4) is 0 Å². The average Bonchev–Trinajstić information content (AvgIpc) is 2.62. The van der Waals surface area contributed by atoms with E-state index in [4.69, 9.17) is 0 Å². The van der Waals surface area contributed by atoms with Crippen LogP contribution in [0.5, 0.6) is 0 Å². The van der Waals surface area contributed by atoms with Crippen molar-refractivity contribution < 1.29 is 26.4 Å². The molecule has 27 heavy (non-hydrogen) atoms. The van der Waals surface area contributed by atoms with E-state index in [9.17, 15) is 26.4 Å². The lowest BCUT2D eigenvalue weighted by atomic mass is 10.3. The van der Waals surface area contributed by atoms with E-state index in [1.165, 1.54) is 25.4 Å². The molecule has 1 amide bonds. The van der Waals surface area contributed by atoms with Crippen LogP contribution in [-0.4, -0.2) is 30.0 Å². The molecule has 144 valence electrons. The highest BCUT2D eigenvalue weighted by Crippen LogP contribution is 2.28. The number of aromatic nitrogens is 2. The van der Waals surface area contributed by atoms with E-state index >= 15 is 0 Å². The number of sulfone groups is 1. The molecule has 2 rings (SSSR count). The molecular weight excluding hydrogens is 385 g/mol. The van der Waals surface area contributed by atoms with Crippen LogP contribution in [0.25, 0.3) is 0 Å². The second-order valence-electron chi connectivity index (χ2n) is 5.17. The molecule has 2 heterocycles. The van der Waals surface area contributed by atoms with E-state index in [-0.39, 0.29) is 22.2 Å². The molecule has 0 saturated heterocycles. The summed E-state index contributed by atoms with van der Waals surface area (Å²) in [6.45, 7) is 1.47. The number of nitrogens with one attached hydrogen (secondary N) is 2. The van der Waals surface area contributed by atoms with E-state index in [0.29, 0.717) is 6.20 Å². The van der Waals surface area contributed by atoms with Crippen LogP contribution < -0.4 is 10.6 Å². The van der Waals surface area contributed by atoms with Gasteiger partial charge in [-0.3, -0.25) is 9.78 Å². The smallest absolute Gasteiger partial charge is 0.346 e. The summed E-state index contributed by atoms with van der Waals surface area (Å²) in [5.74, 6) is -0.697. The Balaban J connectivity index is 2.03. The summed E-state index contributed by atoms with van der Waals surface area (Å²) in [5, 5.41) is 4.96. The molecule has 2 aromatic rings. The Labute approximate surface area is 153 Å². The number of halogens is 3. The molecule has 0 aliphatic rings. The third kappa shape index (κ3) is 5.51. The van der Waals surface area contributed by atoms with Gasteiger partial charge in [-0.25, -0.2) is 13.4 Å². The number of alkyl halides is 3. The highest BCUT2D eigenvalue weighted by atomic mass is 32.2. The van der Waals surface area contributed by atoms with Crippen LogP contribution in [0.1, 0.15) is 12.5 Å². The Morgan fingerprint density at radius 2 is 1.96 bits per heavy atom. The maximum Gasteiger partial charge on any atom is 0.417 e. The Kier molecular flexibility index (Phi) is 6.16. The van der Waals surface area contributed by atoms with Gasteiger partial charge in [0, 0.05) is 30.9 Å². The standard InChI is InChI=1S/C16H15F3N4O3S/c1-2-27(25,26)13-10-20-7-5-12(13)23-15(24)6-8-21-14-4-3-11(9-22-14)16(17,18)19/h3-10H,2H2,1H3,(H,21,22)(H,20,23,24). The second kappa shape index (κ2) is 8.16. The van der Waals surface area contributed by atoms with Crippen LogP contribution >= 0.6 is 0 Å². The van der Waals surface area contributed by atoms with Gasteiger partial charge in [0.15, 0.2) is 9.84 Å². The molecule has 0 unspecified atom stereocenters. The number of rotatable bonds is 6. The topological polar surface area (TPSA) is 101 Å². The maximum atomic E-state index is 12.5. The largest absolute Gasteiger partial charge is 0.417 e. The Bertz CT molecular complexity index is 942. The lowest BCUT2D eigenvalue weighted by Crippen LogP contribution is -2.14. The Morgan fingerprint density at radius 1 is 1.22 bits per heavy atom. The molecule has 0 aliphatic heterocycles. The third-order valence-corrected chi connectivity index (χ3v) is 5.07. The van der Waals surface area contributed by atoms with Gasteiger partial charge < -0.3 is 10.6 Å². The van der Waals surface area contributed by atoms with Gasteiger partial charge in [-0.05, 0) is 18.2 Å². The van der Waals surface area contributed by atoms with Crippen molar-refractivity contribution in [3.63, 3.8) is 0 Å². The zero-order valence-electron chi connectivity index (χ0n) is 14.0. The fraction of sp³-hybridized carbons (Fsp3) is 0.188. The molecule has 0 radical (unpaired) electrons. The minimum atomic E-state index is -4.48. The summed E-state index contributed by atoms with van der Waals surface area (Å²) >= 11 is 0. The first-order valence-corrected chi connectivity index (χ1v) is 9.23. The number of carbonyl (C=O) groups is 1. The molecule has 11 heteroatoms.